The number of H-pyrrole nitrogens is 1. The van der Waals surface area contributed by atoms with Crippen LogP contribution in [0.2, 0.25) is 0 Å². The molecule has 0 radical (unpaired) electrons. The Kier molecular flexibility index (Phi) is 26.7. The summed E-state index contributed by atoms with van der Waals surface area (Å²) in [6.07, 6.45) is 4.51. The molecule has 0 aliphatic carbocycles. The molecular weight excluding hydrogens is 624 g/mol. The molecule has 2 aromatic rings. The van der Waals surface area contributed by atoms with Crippen LogP contribution >= 0.6 is 12.2 Å². The van der Waals surface area contributed by atoms with E-state index in [4.69, 9.17) is 34.5 Å². The third kappa shape index (κ3) is 24.6. The van der Waals surface area contributed by atoms with Crippen LogP contribution in [0.25, 0.3) is 0 Å². The van der Waals surface area contributed by atoms with E-state index in [1.165, 1.54) is 5.56 Å². The molecule has 0 aliphatic heterocycles. The van der Waals surface area contributed by atoms with Crippen molar-refractivity contribution >= 4 is 41.9 Å². The Morgan fingerprint density at radius 2 is 1.53 bits per heavy atom. The SMILES string of the molecule is CC.CNC(CCCN=C(N)N)C(=O)NCC(=O)NC(CCCCN)C(=O)NCC(=O)O.Cc1ccccc1.Cc1cn(C)c(=S)[nH]1. The number of nitrogens with one attached hydrogen (secondary N) is 5. The van der Waals surface area contributed by atoms with Gasteiger partial charge in [-0.1, -0.05) is 49.7 Å². The third-order valence-electron chi connectivity index (χ3n) is 6.00. The highest BCUT2D eigenvalue weighted by atomic mass is 32.1. The number of likely N-dealkylation sites (N-methyl/N-ethyl adjacent to an activating group) is 1. The first kappa shape index (κ1) is 44.8. The van der Waals surface area contributed by atoms with Crippen molar-refractivity contribution in [2.75, 3.05) is 33.2 Å². The fourth-order valence-electron chi connectivity index (χ4n) is 3.67. The predicted molar refractivity (Wildman–Crippen MR) is 189 cm³/mol. The Hall–Kier alpha value is -4.28. The first-order chi connectivity index (χ1) is 22.3. The summed E-state index contributed by atoms with van der Waals surface area (Å²) in [6, 6.07) is 8.81. The number of nitrogens with two attached hydrogens (primary N) is 3. The number of amides is 3. The number of aliphatic imine (C=N–C) groups is 1. The van der Waals surface area contributed by atoms with Gasteiger partial charge in [-0.2, -0.15) is 0 Å². The molecule has 0 fully saturated rings. The number of aromatic nitrogens is 2. The maximum absolute atomic E-state index is 12.2. The smallest absolute Gasteiger partial charge is 0.322 e. The highest BCUT2D eigenvalue weighted by molar-refractivity contribution is 7.71. The molecule has 16 heteroatoms. The number of imidazole rings is 1. The van der Waals surface area contributed by atoms with Crippen molar-refractivity contribution in [3.63, 3.8) is 0 Å². The van der Waals surface area contributed by atoms with Gasteiger partial charge < -0.3 is 53.1 Å². The molecule has 0 spiro atoms. The van der Waals surface area contributed by atoms with Crippen LogP contribution in [0.15, 0.2) is 41.5 Å². The summed E-state index contributed by atoms with van der Waals surface area (Å²) < 4.78 is 2.66. The minimum Gasteiger partial charge on any atom is -0.480 e. The standard InChI is InChI=1S/C17H34N8O5.C7H8.C5H8N2S.C2H6/c1-21-11(6-4-8-22-17(19)20)15(29)23-9-13(26)25-12(5-2-3-7-18)16(30)24-10-14(27)28;1-7-5-3-2-4-6-7;1-4-3-7(2)5(8)6-4;1-2/h11-12,21H,2-10,18H2,1H3,(H,23,29)(H,24,30)(H,25,26)(H,27,28)(H4,19,20,22);2-6H,1H3;3H,1-2H3,(H,6,8);1-2H3. The topological polar surface area (TPSA) is 248 Å². The number of guanidine groups is 1. The largest absolute Gasteiger partial charge is 0.480 e. The van der Waals surface area contributed by atoms with Crippen molar-refractivity contribution in [1.29, 1.82) is 0 Å². The number of nitrogens with zero attached hydrogens (tertiary/aromatic N) is 2. The molecule has 1 aromatic carbocycles. The number of unbranched alkanes of at least 4 members (excludes halogenated alkanes) is 1. The fourth-order valence-corrected chi connectivity index (χ4v) is 3.88. The third-order valence-corrected chi connectivity index (χ3v) is 6.39. The van der Waals surface area contributed by atoms with Crippen molar-refractivity contribution in [3.05, 3.63) is 52.6 Å². The molecule has 12 N–H and O–H groups in total. The summed E-state index contributed by atoms with van der Waals surface area (Å²) in [6.45, 7) is 8.00. The van der Waals surface area contributed by atoms with Crippen LogP contribution in [0.3, 0.4) is 0 Å². The summed E-state index contributed by atoms with van der Waals surface area (Å²) in [5.74, 6) is -2.78. The van der Waals surface area contributed by atoms with Gasteiger partial charge in [0.05, 0.1) is 12.6 Å². The Balaban J connectivity index is 0. The number of aromatic amines is 1. The van der Waals surface area contributed by atoms with Crippen LogP contribution < -0.4 is 38.5 Å². The van der Waals surface area contributed by atoms with E-state index in [0.717, 1.165) is 10.5 Å². The summed E-state index contributed by atoms with van der Waals surface area (Å²) in [5.41, 5.74) is 18.3. The van der Waals surface area contributed by atoms with E-state index >= 15 is 0 Å². The number of carboxylic acid groups (broad SMARTS) is 1. The molecule has 0 saturated carbocycles. The van der Waals surface area contributed by atoms with Crippen molar-refractivity contribution in [1.82, 2.24) is 30.8 Å². The molecule has 0 saturated heterocycles. The maximum Gasteiger partial charge on any atom is 0.322 e. The lowest BCUT2D eigenvalue weighted by molar-refractivity contribution is -0.138. The Morgan fingerprint density at radius 3 is 1.96 bits per heavy atom. The first-order valence-electron chi connectivity index (χ1n) is 15.5. The number of carbonyl (C=O) groups excluding carboxylic acids is 3. The Morgan fingerprint density at radius 1 is 0.957 bits per heavy atom. The van der Waals surface area contributed by atoms with Crippen molar-refractivity contribution < 1.29 is 24.3 Å². The molecular formula is C31H56N10O5S. The number of hydrogen-bond donors (Lipinski definition) is 9. The molecule has 47 heavy (non-hydrogen) atoms. The first-order valence-corrected chi connectivity index (χ1v) is 15.9. The highest BCUT2D eigenvalue weighted by Gasteiger charge is 2.22. The zero-order valence-electron chi connectivity index (χ0n) is 28.6. The van der Waals surface area contributed by atoms with Crippen LogP contribution in [0.4, 0.5) is 0 Å². The van der Waals surface area contributed by atoms with E-state index in [1.807, 2.05) is 56.8 Å². The number of carbonyl (C=O) groups is 4. The van der Waals surface area contributed by atoms with Crippen LogP contribution in [0, 0.1) is 18.6 Å². The predicted octanol–water partition coefficient (Wildman–Crippen LogP) is 0.971. The van der Waals surface area contributed by atoms with Crippen molar-refractivity contribution in [3.8, 4) is 0 Å². The van der Waals surface area contributed by atoms with Gasteiger partial charge in [0.1, 0.15) is 12.6 Å². The van der Waals surface area contributed by atoms with Crippen LogP contribution in [0.5, 0.6) is 0 Å². The van der Waals surface area contributed by atoms with Gasteiger partial charge >= 0.3 is 5.97 Å². The normalized spacial score (nSPS) is 11.0. The number of hydrogen-bond acceptors (Lipinski definition) is 8. The van der Waals surface area contributed by atoms with E-state index in [1.54, 1.807) is 7.05 Å². The van der Waals surface area contributed by atoms with Gasteiger partial charge in [0, 0.05) is 25.5 Å². The molecule has 0 aliphatic rings. The van der Waals surface area contributed by atoms with Crippen molar-refractivity contribution in [2.45, 2.75) is 71.9 Å². The second-order valence-electron chi connectivity index (χ2n) is 10.0. The summed E-state index contributed by atoms with van der Waals surface area (Å²) in [4.78, 5) is 53.9. The minimum atomic E-state index is -1.19. The number of carboxylic acids is 1. The molecule has 266 valence electrons. The lowest BCUT2D eigenvalue weighted by Gasteiger charge is -2.19. The van der Waals surface area contributed by atoms with Crippen LogP contribution in [-0.4, -0.2) is 89.6 Å². The van der Waals surface area contributed by atoms with Gasteiger partial charge in [-0.05, 0) is 71.8 Å². The van der Waals surface area contributed by atoms with E-state index in [-0.39, 0.29) is 18.4 Å². The number of aryl methyl sites for hydroxylation is 3. The highest BCUT2D eigenvalue weighted by Crippen LogP contribution is 2.02. The number of rotatable bonds is 16. The van der Waals surface area contributed by atoms with E-state index < -0.39 is 36.4 Å². The summed E-state index contributed by atoms with van der Waals surface area (Å²) in [7, 11) is 3.54. The molecule has 0 bridgehead atoms. The zero-order chi connectivity index (χ0) is 36.2. The van der Waals surface area contributed by atoms with Gasteiger partial charge in [0.15, 0.2) is 10.7 Å². The quantitative estimate of drug-likeness (QED) is 0.0526. The second kappa shape index (κ2) is 28.0. The summed E-state index contributed by atoms with van der Waals surface area (Å²) in [5, 5.41) is 18.8. The van der Waals surface area contributed by atoms with Crippen LogP contribution in [-0.2, 0) is 26.2 Å². The average molecular weight is 681 g/mol. The lowest BCUT2D eigenvalue weighted by Crippen LogP contribution is -2.51. The number of aliphatic carboxylic acids is 1. The molecule has 2 atom stereocenters. The Labute approximate surface area is 283 Å². The fraction of sp³-hybridized carbons (Fsp3) is 0.548. The molecule has 2 rings (SSSR count). The minimum absolute atomic E-state index is 0.0226. The van der Waals surface area contributed by atoms with E-state index in [0.29, 0.717) is 45.2 Å². The van der Waals surface area contributed by atoms with Crippen LogP contribution in [0.1, 0.15) is 57.2 Å². The number of benzene rings is 1. The summed E-state index contributed by atoms with van der Waals surface area (Å²) >= 11 is 4.88. The lowest BCUT2D eigenvalue weighted by atomic mass is 10.1. The van der Waals surface area contributed by atoms with Crippen molar-refractivity contribution in [2.24, 2.45) is 29.2 Å². The molecule has 2 unspecified atom stereocenters. The van der Waals surface area contributed by atoms with Gasteiger partial charge in [-0.15, -0.1) is 0 Å². The monoisotopic (exact) mass is 680 g/mol. The van der Waals surface area contributed by atoms with Gasteiger partial charge in [0.25, 0.3) is 0 Å². The molecule has 1 aromatic heterocycles. The Bertz CT molecular complexity index is 1250. The molecule has 15 nitrogen and oxygen atoms in total. The van der Waals surface area contributed by atoms with E-state index in [9.17, 15) is 19.2 Å². The van der Waals surface area contributed by atoms with Gasteiger partial charge in [-0.3, -0.25) is 24.2 Å². The molecule has 1 heterocycles. The molecule has 3 amide bonds. The van der Waals surface area contributed by atoms with E-state index in [2.05, 4.69) is 50.3 Å². The second-order valence-corrected chi connectivity index (χ2v) is 10.4. The van der Waals surface area contributed by atoms with Gasteiger partial charge in [-0.25, -0.2) is 0 Å². The average Bonchev–Trinajstić information content (AvgIpc) is 3.33. The maximum atomic E-state index is 12.2. The van der Waals surface area contributed by atoms with Gasteiger partial charge in [0.2, 0.25) is 17.7 Å². The zero-order valence-corrected chi connectivity index (χ0v) is 29.4.